The number of amides is 2. The molecule has 0 spiro atoms. The number of hydrogen-bond acceptors (Lipinski definition) is 5. The fourth-order valence-electron chi connectivity index (χ4n) is 4.73. The molecule has 1 aromatic heterocycles. The van der Waals surface area contributed by atoms with E-state index in [-0.39, 0.29) is 24.1 Å². The molecule has 9 heteroatoms. The van der Waals surface area contributed by atoms with E-state index in [0.29, 0.717) is 11.4 Å². The molecule has 0 radical (unpaired) electrons. The number of Topliss-reactive ketones (excluding diaryl/α,β-unsaturated/α-hetero) is 1. The summed E-state index contributed by atoms with van der Waals surface area (Å²) in [6, 6.07) is 21.9. The maximum Gasteiger partial charge on any atom is 0.299 e. The minimum Gasteiger partial charge on any atom is -0.301 e. The molecule has 0 saturated carbocycles. The van der Waals surface area contributed by atoms with Gasteiger partial charge in [-0.3, -0.25) is 19.3 Å². The van der Waals surface area contributed by atoms with Crippen LogP contribution in [0.25, 0.3) is 6.08 Å². The standard InChI is InChI=1S/C28H20FN5O3/c29-19-12-14-23-22(15-19)26(35)28(37)32(23)16-20-17-33(31-30-20)25-24(13-11-18-7-3-1-4-8-18)34(27(25)36)21-9-5-2-6-10-21/h1-15,17,24-25H,16H2/b13-11+/t24-,25+/m1/s1. The lowest BCUT2D eigenvalue weighted by molar-refractivity contribution is -0.128. The lowest BCUT2D eigenvalue weighted by Crippen LogP contribution is -2.61. The average molecular weight is 493 g/mol. The Labute approximate surface area is 211 Å². The number of carbonyl (C=O) groups is 3. The van der Waals surface area contributed by atoms with Gasteiger partial charge in [-0.15, -0.1) is 5.10 Å². The van der Waals surface area contributed by atoms with Crippen LogP contribution in [0.3, 0.4) is 0 Å². The van der Waals surface area contributed by atoms with E-state index in [2.05, 4.69) is 10.3 Å². The predicted molar refractivity (Wildman–Crippen MR) is 134 cm³/mol. The highest BCUT2D eigenvalue weighted by atomic mass is 19.1. The molecule has 1 fully saturated rings. The lowest BCUT2D eigenvalue weighted by atomic mass is 9.92. The van der Waals surface area contributed by atoms with Gasteiger partial charge in [0.2, 0.25) is 0 Å². The third-order valence-electron chi connectivity index (χ3n) is 6.53. The molecule has 3 aromatic carbocycles. The number of β-lactam (4-membered cyclic amide) rings is 1. The summed E-state index contributed by atoms with van der Waals surface area (Å²) in [6.45, 7) is -0.0307. The van der Waals surface area contributed by atoms with Crippen molar-refractivity contribution in [2.45, 2.75) is 18.6 Å². The van der Waals surface area contributed by atoms with Crippen LogP contribution < -0.4 is 9.80 Å². The van der Waals surface area contributed by atoms with Crippen LogP contribution >= 0.6 is 0 Å². The summed E-state index contributed by atoms with van der Waals surface area (Å²) >= 11 is 0. The SMILES string of the molecule is O=C1C(=O)N(Cc2cn([C@@H]3C(=O)N(c4ccccc4)[C@@H]3/C=C/c3ccccc3)nn2)c2ccc(F)cc21. The first-order valence-electron chi connectivity index (χ1n) is 11.7. The molecule has 2 aliphatic rings. The first-order valence-corrected chi connectivity index (χ1v) is 11.7. The van der Waals surface area contributed by atoms with Gasteiger partial charge in [-0.1, -0.05) is 65.9 Å². The Bertz CT molecular complexity index is 1550. The van der Waals surface area contributed by atoms with E-state index in [1.165, 1.54) is 21.7 Å². The summed E-state index contributed by atoms with van der Waals surface area (Å²) in [5.41, 5.74) is 2.52. The van der Waals surface area contributed by atoms with Crippen LogP contribution in [0.1, 0.15) is 27.7 Å². The summed E-state index contributed by atoms with van der Waals surface area (Å²) in [6.07, 6.45) is 5.53. The monoisotopic (exact) mass is 493 g/mol. The highest BCUT2D eigenvalue weighted by Gasteiger charge is 2.49. The Morgan fingerprint density at radius 2 is 1.65 bits per heavy atom. The van der Waals surface area contributed by atoms with Crippen molar-refractivity contribution in [1.29, 1.82) is 0 Å². The Balaban J connectivity index is 1.28. The van der Waals surface area contributed by atoms with Gasteiger partial charge >= 0.3 is 0 Å². The van der Waals surface area contributed by atoms with Crippen molar-refractivity contribution < 1.29 is 18.8 Å². The van der Waals surface area contributed by atoms with Gasteiger partial charge in [-0.05, 0) is 35.9 Å². The molecule has 0 unspecified atom stereocenters. The number of fused-ring (bicyclic) bond motifs is 1. The third-order valence-corrected chi connectivity index (χ3v) is 6.53. The first-order chi connectivity index (χ1) is 18.0. The van der Waals surface area contributed by atoms with Crippen molar-refractivity contribution in [3.63, 3.8) is 0 Å². The van der Waals surface area contributed by atoms with Gasteiger partial charge in [0.1, 0.15) is 11.5 Å². The molecule has 4 aromatic rings. The average Bonchev–Trinajstić information content (AvgIpc) is 3.46. The van der Waals surface area contributed by atoms with Gasteiger partial charge < -0.3 is 4.90 Å². The normalized spacial score (nSPS) is 19.0. The maximum atomic E-state index is 13.6. The van der Waals surface area contributed by atoms with E-state index in [4.69, 9.17) is 0 Å². The molecule has 6 rings (SSSR count). The molecule has 182 valence electrons. The van der Waals surface area contributed by atoms with Gasteiger partial charge in [0.05, 0.1) is 30.0 Å². The predicted octanol–water partition coefficient (Wildman–Crippen LogP) is 3.82. The summed E-state index contributed by atoms with van der Waals surface area (Å²) in [5, 5.41) is 8.34. The number of halogens is 1. The fraction of sp³-hybridized carbons (Fsp3) is 0.107. The summed E-state index contributed by atoms with van der Waals surface area (Å²) < 4.78 is 15.1. The quantitative estimate of drug-likeness (QED) is 0.301. The highest BCUT2D eigenvalue weighted by Crippen LogP contribution is 2.37. The number of rotatable bonds is 6. The highest BCUT2D eigenvalue weighted by molar-refractivity contribution is 6.52. The zero-order valence-corrected chi connectivity index (χ0v) is 19.4. The molecular formula is C28H20FN5O3. The van der Waals surface area contributed by atoms with Crippen LogP contribution in [0.2, 0.25) is 0 Å². The van der Waals surface area contributed by atoms with E-state index in [0.717, 1.165) is 17.3 Å². The Hall–Kier alpha value is -4.92. The molecule has 0 aliphatic carbocycles. The van der Waals surface area contributed by atoms with E-state index >= 15 is 0 Å². The van der Waals surface area contributed by atoms with E-state index < -0.39 is 23.5 Å². The number of carbonyl (C=O) groups excluding carboxylic acids is 3. The van der Waals surface area contributed by atoms with Gasteiger partial charge in [-0.2, -0.15) is 0 Å². The minimum atomic E-state index is -0.763. The zero-order chi connectivity index (χ0) is 25.5. The maximum absolute atomic E-state index is 13.6. The van der Waals surface area contributed by atoms with E-state index in [1.54, 1.807) is 11.1 Å². The number of anilines is 2. The van der Waals surface area contributed by atoms with Crippen molar-refractivity contribution in [1.82, 2.24) is 15.0 Å². The van der Waals surface area contributed by atoms with Crippen molar-refractivity contribution in [2.75, 3.05) is 9.80 Å². The molecule has 2 atom stereocenters. The van der Waals surface area contributed by atoms with Gasteiger partial charge in [-0.25, -0.2) is 9.07 Å². The number of para-hydroxylation sites is 1. The topological polar surface area (TPSA) is 88.4 Å². The Morgan fingerprint density at radius 1 is 0.919 bits per heavy atom. The molecule has 2 amide bonds. The molecule has 37 heavy (non-hydrogen) atoms. The summed E-state index contributed by atoms with van der Waals surface area (Å²) in [7, 11) is 0. The number of benzene rings is 3. The molecule has 0 N–H and O–H groups in total. The number of aromatic nitrogens is 3. The molecule has 3 heterocycles. The summed E-state index contributed by atoms with van der Waals surface area (Å²) in [5.74, 6) is -2.25. The third kappa shape index (κ3) is 3.90. The second kappa shape index (κ2) is 8.94. The minimum absolute atomic E-state index is 0.0242. The Morgan fingerprint density at radius 3 is 2.41 bits per heavy atom. The Kier molecular flexibility index (Phi) is 5.45. The first kappa shape index (κ1) is 22.5. The van der Waals surface area contributed by atoms with Crippen LogP contribution in [0.4, 0.5) is 15.8 Å². The van der Waals surface area contributed by atoms with Crippen LogP contribution in [0.15, 0.2) is 91.1 Å². The van der Waals surface area contributed by atoms with E-state index in [1.807, 2.05) is 72.8 Å². The molecular weight excluding hydrogens is 473 g/mol. The van der Waals surface area contributed by atoms with Gasteiger partial charge in [0.25, 0.3) is 17.6 Å². The molecule has 2 aliphatic heterocycles. The van der Waals surface area contributed by atoms with Crippen LogP contribution in [-0.4, -0.2) is 38.6 Å². The van der Waals surface area contributed by atoms with Crippen molar-refractivity contribution in [3.8, 4) is 0 Å². The number of nitrogens with zero attached hydrogens (tertiary/aromatic N) is 5. The van der Waals surface area contributed by atoms with Gasteiger partial charge in [0.15, 0.2) is 6.04 Å². The van der Waals surface area contributed by atoms with Crippen LogP contribution in [-0.2, 0) is 16.1 Å². The molecule has 1 saturated heterocycles. The van der Waals surface area contributed by atoms with Crippen molar-refractivity contribution >= 4 is 35.0 Å². The number of ketones is 1. The largest absolute Gasteiger partial charge is 0.301 e. The van der Waals surface area contributed by atoms with Crippen molar-refractivity contribution in [2.24, 2.45) is 0 Å². The van der Waals surface area contributed by atoms with Gasteiger partial charge in [0, 0.05) is 5.69 Å². The molecule has 8 nitrogen and oxygen atoms in total. The van der Waals surface area contributed by atoms with E-state index in [9.17, 15) is 18.8 Å². The summed E-state index contributed by atoms with van der Waals surface area (Å²) in [4.78, 5) is 41.1. The van der Waals surface area contributed by atoms with Crippen LogP contribution in [0, 0.1) is 5.82 Å². The number of hydrogen-bond donors (Lipinski definition) is 0. The molecule has 0 bridgehead atoms. The van der Waals surface area contributed by atoms with Crippen molar-refractivity contribution in [3.05, 3.63) is 114 Å². The zero-order valence-electron chi connectivity index (χ0n) is 19.4. The van der Waals surface area contributed by atoms with Crippen LogP contribution in [0.5, 0.6) is 0 Å². The fourth-order valence-corrected chi connectivity index (χ4v) is 4.73. The second-order valence-corrected chi connectivity index (χ2v) is 8.82. The second-order valence-electron chi connectivity index (χ2n) is 8.82. The lowest BCUT2D eigenvalue weighted by Gasteiger charge is -2.45. The smallest absolute Gasteiger partial charge is 0.299 e.